The summed E-state index contributed by atoms with van der Waals surface area (Å²) in [4.78, 5) is 24.9. The molecule has 0 atom stereocenters. The number of methoxy groups -OCH3 is 3. The topological polar surface area (TPSA) is 99.0 Å². The van der Waals surface area contributed by atoms with E-state index in [0.717, 1.165) is 0 Å². The van der Waals surface area contributed by atoms with Gasteiger partial charge in [0.2, 0.25) is 0 Å². The van der Waals surface area contributed by atoms with Crippen molar-refractivity contribution in [2.75, 3.05) is 32.0 Å². The van der Waals surface area contributed by atoms with Gasteiger partial charge in [0.15, 0.2) is 17.3 Å². The molecule has 2 N–H and O–H groups in total. The lowest BCUT2D eigenvalue weighted by molar-refractivity contribution is 0.0995. The summed E-state index contributed by atoms with van der Waals surface area (Å²) in [5, 5.41) is 5.49. The van der Waals surface area contributed by atoms with Crippen LogP contribution < -0.4 is 24.8 Å². The highest BCUT2D eigenvalue weighted by Gasteiger charge is 2.15. The van der Waals surface area contributed by atoms with Crippen LogP contribution in [0.1, 0.15) is 20.9 Å². The van der Waals surface area contributed by atoms with E-state index in [1.807, 2.05) is 0 Å². The van der Waals surface area contributed by atoms with Crippen LogP contribution in [0.5, 0.6) is 17.2 Å². The number of carbonyl (C=O) groups excluding carboxylic acids is 2. The number of furan rings is 1. The number of rotatable bonds is 7. The minimum Gasteiger partial charge on any atom is -0.495 e. The molecule has 0 unspecified atom stereocenters. The lowest BCUT2D eigenvalue weighted by Gasteiger charge is -2.13. The highest BCUT2D eigenvalue weighted by Crippen LogP contribution is 2.31. The number of hydrogen-bond donors (Lipinski definition) is 2. The Bertz CT molecular complexity index is 1010. The SMILES string of the molecule is COc1ccc(NC(=O)c2ccco2)cc1NC(=O)c1ccc(OC)c(OC)c1. The lowest BCUT2D eigenvalue weighted by Crippen LogP contribution is -2.14. The molecular formula is C21H20N2O6. The first-order chi connectivity index (χ1) is 14.0. The molecule has 3 aromatic rings. The molecule has 0 spiro atoms. The van der Waals surface area contributed by atoms with Crippen molar-refractivity contribution in [1.29, 1.82) is 0 Å². The van der Waals surface area contributed by atoms with E-state index in [2.05, 4.69) is 10.6 Å². The number of carbonyl (C=O) groups is 2. The van der Waals surface area contributed by atoms with Crippen LogP contribution in [-0.4, -0.2) is 33.1 Å². The van der Waals surface area contributed by atoms with Crippen molar-refractivity contribution in [2.45, 2.75) is 0 Å². The summed E-state index contributed by atoms with van der Waals surface area (Å²) in [7, 11) is 4.50. The third-order valence-electron chi connectivity index (χ3n) is 4.10. The number of anilines is 2. The molecule has 2 amide bonds. The second kappa shape index (κ2) is 8.83. The average molecular weight is 396 g/mol. The van der Waals surface area contributed by atoms with Crippen LogP contribution in [0.3, 0.4) is 0 Å². The van der Waals surface area contributed by atoms with Crippen LogP contribution >= 0.6 is 0 Å². The first-order valence-electron chi connectivity index (χ1n) is 8.62. The number of nitrogens with one attached hydrogen (secondary N) is 2. The van der Waals surface area contributed by atoms with Crippen LogP contribution in [0.15, 0.2) is 59.2 Å². The van der Waals surface area contributed by atoms with Crippen molar-refractivity contribution in [1.82, 2.24) is 0 Å². The summed E-state index contributed by atoms with van der Waals surface area (Å²) in [5.41, 5.74) is 1.23. The van der Waals surface area contributed by atoms with Crippen LogP contribution in [0.2, 0.25) is 0 Å². The van der Waals surface area contributed by atoms with Gasteiger partial charge in [-0.2, -0.15) is 0 Å². The molecule has 1 aromatic heterocycles. The van der Waals surface area contributed by atoms with Gasteiger partial charge in [0.25, 0.3) is 11.8 Å². The number of amides is 2. The Balaban J connectivity index is 1.82. The Hall–Kier alpha value is -3.94. The van der Waals surface area contributed by atoms with Gasteiger partial charge in [0, 0.05) is 11.3 Å². The van der Waals surface area contributed by atoms with Crippen LogP contribution in [0.4, 0.5) is 11.4 Å². The van der Waals surface area contributed by atoms with Crippen LogP contribution in [-0.2, 0) is 0 Å². The number of benzene rings is 2. The molecule has 3 rings (SSSR count). The summed E-state index contributed by atoms with van der Waals surface area (Å²) in [5.74, 6) is 0.790. The highest BCUT2D eigenvalue weighted by molar-refractivity contribution is 6.06. The van der Waals surface area contributed by atoms with Crippen molar-refractivity contribution >= 4 is 23.2 Å². The zero-order chi connectivity index (χ0) is 20.8. The monoisotopic (exact) mass is 396 g/mol. The summed E-state index contributed by atoms with van der Waals surface area (Å²) < 4.78 is 20.8. The molecule has 0 bridgehead atoms. The maximum Gasteiger partial charge on any atom is 0.291 e. The van der Waals surface area contributed by atoms with Crippen molar-refractivity contribution in [3.63, 3.8) is 0 Å². The first-order valence-corrected chi connectivity index (χ1v) is 8.62. The molecule has 0 saturated heterocycles. The summed E-state index contributed by atoms with van der Waals surface area (Å²) in [6.07, 6.45) is 1.41. The van der Waals surface area contributed by atoms with Crippen LogP contribution in [0.25, 0.3) is 0 Å². The second-order valence-electron chi connectivity index (χ2n) is 5.87. The molecule has 8 nitrogen and oxygen atoms in total. The van der Waals surface area contributed by atoms with Gasteiger partial charge in [-0.3, -0.25) is 9.59 Å². The third kappa shape index (κ3) is 4.49. The third-order valence-corrected chi connectivity index (χ3v) is 4.10. The zero-order valence-electron chi connectivity index (χ0n) is 16.1. The fourth-order valence-corrected chi connectivity index (χ4v) is 2.66. The Kier molecular flexibility index (Phi) is 6.03. The highest BCUT2D eigenvalue weighted by atomic mass is 16.5. The van der Waals surface area contributed by atoms with E-state index >= 15 is 0 Å². The Morgan fingerprint density at radius 2 is 1.52 bits per heavy atom. The van der Waals surface area contributed by atoms with Crippen molar-refractivity contribution in [3.05, 3.63) is 66.1 Å². The van der Waals surface area contributed by atoms with Gasteiger partial charge in [0.05, 0.1) is 33.3 Å². The average Bonchev–Trinajstić information content (AvgIpc) is 3.28. The van der Waals surface area contributed by atoms with Gasteiger partial charge < -0.3 is 29.3 Å². The normalized spacial score (nSPS) is 10.2. The van der Waals surface area contributed by atoms with E-state index in [1.54, 1.807) is 48.5 Å². The smallest absolute Gasteiger partial charge is 0.291 e. The molecule has 8 heteroatoms. The van der Waals surface area contributed by atoms with Gasteiger partial charge >= 0.3 is 0 Å². The Labute approximate surface area is 167 Å². The van der Waals surface area contributed by atoms with E-state index in [0.29, 0.717) is 34.2 Å². The standard InChI is InChI=1S/C21H20N2O6/c1-26-16-9-7-14(22-21(25)18-5-4-10-29-18)12-15(16)23-20(24)13-6-8-17(27-2)19(11-13)28-3/h4-12H,1-3H3,(H,22,25)(H,23,24). The lowest BCUT2D eigenvalue weighted by atomic mass is 10.1. The molecular weight excluding hydrogens is 376 g/mol. The molecule has 2 aromatic carbocycles. The quantitative estimate of drug-likeness (QED) is 0.630. The molecule has 0 saturated carbocycles. The summed E-state index contributed by atoms with van der Waals surface area (Å²) >= 11 is 0. The summed E-state index contributed by atoms with van der Waals surface area (Å²) in [6, 6.07) is 12.9. The fraction of sp³-hybridized carbons (Fsp3) is 0.143. The van der Waals surface area contributed by atoms with E-state index in [-0.39, 0.29) is 11.7 Å². The van der Waals surface area contributed by atoms with Crippen LogP contribution in [0, 0.1) is 0 Å². The van der Waals surface area contributed by atoms with Gasteiger partial charge in [-0.05, 0) is 48.5 Å². The molecule has 0 aliphatic heterocycles. The minimum atomic E-state index is -0.405. The molecule has 1 heterocycles. The second-order valence-corrected chi connectivity index (χ2v) is 5.87. The molecule has 150 valence electrons. The van der Waals surface area contributed by atoms with Gasteiger partial charge in [-0.15, -0.1) is 0 Å². The van der Waals surface area contributed by atoms with Crippen molar-refractivity contribution in [3.8, 4) is 17.2 Å². The predicted octanol–water partition coefficient (Wildman–Crippen LogP) is 3.81. The molecule has 0 radical (unpaired) electrons. The van der Waals surface area contributed by atoms with E-state index in [1.165, 1.54) is 27.6 Å². The van der Waals surface area contributed by atoms with E-state index < -0.39 is 5.91 Å². The minimum absolute atomic E-state index is 0.178. The van der Waals surface area contributed by atoms with E-state index in [9.17, 15) is 9.59 Å². The molecule has 0 aliphatic carbocycles. The van der Waals surface area contributed by atoms with Gasteiger partial charge in [0.1, 0.15) is 5.75 Å². The summed E-state index contributed by atoms with van der Waals surface area (Å²) in [6.45, 7) is 0. The molecule has 0 fully saturated rings. The predicted molar refractivity (Wildman–Crippen MR) is 107 cm³/mol. The zero-order valence-corrected chi connectivity index (χ0v) is 16.1. The Morgan fingerprint density at radius 1 is 0.793 bits per heavy atom. The van der Waals surface area contributed by atoms with Crippen molar-refractivity contribution in [2.24, 2.45) is 0 Å². The maximum absolute atomic E-state index is 12.7. The molecule has 0 aliphatic rings. The van der Waals surface area contributed by atoms with Gasteiger partial charge in [-0.1, -0.05) is 0 Å². The maximum atomic E-state index is 12.7. The largest absolute Gasteiger partial charge is 0.495 e. The van der Waals surface area contributed by atoms with Gasteiger partial charge in [-0.25, -0.2) is 0 Å². The van der Waals surface area contributed by atoms with Crippen molar-refractivity contribution < 1.29 is 28.2 Å². The first kappa shape index (κ1) is 19.8. The van der Waals surface area contributed by atoms with E-state index in [4.69, 9.17) is 18.6 Å². The Morgan fingerprint density at radius 3 is 2.17 bits per heavy atom. The number of ether oxygens (including phenoxy) is 3. The number of hydrogen-bond acceptors (Lipinski definition) is 6. The fourth-order valence-electron chi connectivity index (χ4n) is 2.66. The molecule has 29 heavy (non-hydrogen) atoms.